The van der Waals surface area contributed by atoms with Gasteiger partial charge in [-0.25, -0.2) is 0 Å². The third-order valence-corrected chi connectivity index (χ3v) is 3.35. The molecule has 2 aliphatic heterocycles. The van der Waals surface area contributed by atoms with Crippen molar-refractivity contribution in [1.82, 2.24) is 0 Å². The molecule has 3 aliphatic rings. The molecule has 1 unspecified atom stereocenters. The lowest BCUT2D eigenvalue weighted by molar-refractivity contribution is 0.539. The zero-order valence-corrected chi connectivity index (χ0v) is 8.83. The van der Waals surface area contributed by atoms with Crippen LogP contribution in [0, 0.1) is 0 Å². The van der Waals surface area contributed by atoms with Gasteiger partial charge in [0.1, 0.15) is 5.54 Å². The molecule has 0 saturated heterocycles. The fourth-order valence-corrected chi connectivity index (χ4v) is 2.70. The van der Waals surface area contributed by atoms with Crippen LogP contribution in [-0.4, -0.2) is 18.0 Å². The van der Waals surface area contributed by atoms with Crippen molar-refractivity contribution >= 4 is 24.0 Å². The predicted octanol–water partition coefficient (Wildman–Crippen LogP) is 1.91. The largest absolute Gasteiger partial charge is 0.397 e. The second-order valence-electron chi connectivity index (χ2n) is 3.87. The minimum atomic E-state index is -0.384. The van der Waals surface area contributed by atoms with Crippen molar-refractivity contribution in [1.29, 1.82) is 0 Å². The Morgan fingerprint density at radius 3 is 3.20 bits per heavy atom. The summed E-state index contributed by atoms with van der Waals surface area (Å²) in [6.07, 6.45) is 9.22. The van der Waals surface area contributed by atoms with E-state index >= 15 is 0 Å². The molecule has 1 aliphatic carbocycles. The minimum absolute atomic E-state index is 0.384. The first kappa shape index (κ1) is 8.92. The summed E-state index contributed by atoms with van der Waals surface area (Å²) in [6, 6.07) is 0. The van der Waals surface area contributed by atoms with Gasteiger partial charge in [-0.05, 0) is 25.0 Å². The molecule has 2 heterocycles. The van der Waals surface area contributed by atoms with E-state index in [0.29, 0.717) is 10.7 Å². The van der Waals surface area contributed by atoms with Crippen LogP contribution in [-0.2, 0) is 0 Å². The number of halogens is 1. The molecule has 0 aromatic carbocycles. The number of allylic oxidation sites excluding steroid dienone is 2. The van der Waals surface area contributed by atoms with Gasteiger partial charge >= 0.3 is 0 Å². The molecule has 0 bridgehead atoms. The van der Waals surface area contributed by atoms with E-state index in [-0.39, 0.29) is 5.54 Å². The molecule has 3 rings (SSSR count). The molecule has 76 valence electrons. The Morgan fingerprint density at radius 2 is 2.33 bits per heavy atom. The molecule has 0 saturated carbocycles. The van der Waals surface area contributed by atoms with Crippen molar-refractivity contribution in [3.8, 4) is 0 Å². The van der Waals surface area contributed by atoms with Crippen molar-refractivity contribution < 1.29 is 0 Å². The lowest BCUT2D eigenvalue weighted by Gasteiger charge is -2.35. The number of nitrogens with two attached hydrogens (primary N) is 1. The van der Waals surface area contributed by atoms with E-state index in [2.05, 4.69) is 9.98 Å². The number of nitrogens with zero attached hydrogens (tertiary/aromatic N) is 2. The molecule has 0 aromatic rings. The molecule has 0 fully saturated rings. The van der Waals surface area contributed by atoms with Crippen LogP contribution in [0.2, 0.25) is 0 Å². The van der Waals surface area contributed by atoms with Gasteiger partial charge < -0.3 is 5.73 Å². The number of rotatable bonds is 0. The van der Waals surface area contributed by atoms with E-state index in [4.69, 9.17) is 17.3 Å². The van der Waals surface area contributed by atoms with Crippen molar-refractivity contribution in [2.24, 2.45) is 15.7 Å². The molecule has 0 aromatic heterocycles. The average molecular weight is 220 g/mol. The maximum Gasteiger partial charge on any atom is 0.131 e. The first-order valence-electron chi connectivity index (χ1n) is 4.90. The first-order valence-corrected chi connectivity index (χ1v) is 5.28. The number of aliphatic imine (C=N–C) groups is 2. The van der Waals surface area contributed by atoms with E-state index in [1.165, 1.54) is 0 Å². The summed E-state index contributed by atoms with van der Waals surface area (Å²) >= 11 is 6.17. The highest BCUT2D eigenvalue weighted by Crippen LogP contribution is 2.47. The Kier molecular flexibility index (Phi) is 1.68. The predicted molar refractivity (Wildman–Crippen MR) is 62.2 cm³/mol. The highest BCUT2D eigenvalue weighted by Gasteiger charge is 2.45. The standard InChI is InChI=1S/C11H10ClN3/c12-8-6-9(13)10-11(3-1-4-14-10)7(8)2-5-15-11/h2,4-6H,1,3,13H2. The van der Waals surface area contributed by atoms with E-state index in [9.17, 15) is 0 Å². The average Bonchev–Trinajstić information content (AvgIpc) is 2.62. The number of hydrogen-bond donors (Lipinski definition) is 1. The highest BCUT2D eigenvalue weighted by molar-refractivity contribution is 6.33. The Balaban J connectivity index is 2.29. The van der Waals surface area contributed by atoms with Crippen LogP contribution in [0.15, 0.2) is 44.1 Å². The van der Waals surface area contributed by atoms with Crippen LogP contribution < -0.4 is 5.73 Å². The molecule has 2 N–H and O–H groups in total. The molecule has 3 nitrogen and oxygen atoms in total. The minimum Gasteiger partial charge on any atom is -0.397 e. The monoisotopic (exact) mass is 219 g/mol. The summed E-state index contributed by atoms with van der Waals surface area (Å²) in [7, 11) is 0. The van der Waals surface area contributed by atoms with Crippen LogP contribution in [0.25, 0.3) is 0 Å². The molecule has 4 heteroatoms. The van der Waals surface area contributed by atoms with E-state index < -0.39 is 0 Å². The summed E-state index contributed by atoms with van der Waals surface area (Å²) in [6.45, 7) is 0. The normalized spacial score (nSPS) is 32.3. The molecule has 0 amide bonds. The Hall–Kier alpha value is -1.35. The molecule has 1 spiro atoms. The number of hydrogen-bond acceptors (Lipinski definition) is 3. The quantitative estimate of drug-likeness (QED) is 0.665. The maximum absolute atomic E-state index is 6.17. The Labute approximate surface area is 92.7 Å². The van der Waals surface area contributed by atoms with Crippen LogP contribution >= 0.6 is 11.6 Å². The topological polar surface area (TPSA) is 50.7 Å². The Bertz CT molecular complexity index is 482. The van der Waals surface area contributed by atoms with E-state index in [0.717, 1.165) is 24.1 Å². The summed E-state index contributed by atoms with van der Waals surface area (Å²) in [4.78, 5) is 8.89. The van der Waals surface area contributed by atoms with Crippen molar-refractivity contribution in [3.63, 3.8) is 0 Å². The second kappa shape index (κ2) is 2.83. The fourth-order valence-electron chi connectivity index (χ4n) is 2.36. The van der Waals surface area contributed by atoms with Crippen molar-refractivity contribution in [2.75, 3.05) is 0 Å². The smallest absolute Gasteiger partial charge is 0.131 e. The van der Waals surface area contributed by atoms with Crippen molar-refractivity contribution in [3.05, 3.63) is 34.2 Å². The zero-order chi connectivity index (χ0) is 10.5. The Morgan fingerprint density at radius 1 is 1.47 bits per heavy atom. The van der Waals surface area contributed by atoms with Gasteiger partial charge in [0.05, 0.1) is 11.4 Å². The SMILES string of the molecule is NC1=C2N=CCCC23N=CC=C3C(Cl)=C1. The third kappa shape index (κ3) is 1.01. The van der Waals surface area contributed by atoms with E-state index in [1.54, 1.807) is 12.3 Å². The van der Waals surface area contributed by atoms with Gasteiger partial charge in [0, 0.05) is 23.0 Å². The highest BCUT2D eigenvalue weighted by atomic mass is 35.5. The second-order valence-corrected chi connectivity index (χ2v) is 4.27. The summed E-state index contributed by atoms with van der Waals surface area (Å²) < 4.78 is 0. The molecule has 0 radical (unpaired) electrons. The third-order valence-electron chi connectivity index (χ3n) is 3.04. The molecule has 15 heavy (non-hydrogen) atoms. The van der Waals surface area contributed by atoms with Gasteiger partial charge in [0.25, 0.3) is 0 Å². The van der Waals surface area contributed by atoms with Crippen LogP contribution in [0.5, 0.6) is 0 Å². The first-order chi connectivity index (χ1) is 7.24. The lowest BCUT2D eigenvalue weighted by atomic mass is 9.78. The summed E-state index contributed by atoms with van der Waals surface area (Å²) in [5.41, 5.74) is 8.06. The molecule has 1 atom stereocenters. The van der Waals surface area contributed by atoms with Crippen LogP contribution in [0.3, 0.4) is 0 Å². The fraction of sp³-hybridized carbons (Fsp3) is 0.273. The lowest BCUT2D eigenvalue weighted by Crippen LogP contribution is -2.36. The summed E-state index contributed by atoms with van der Waals surface area (Å²) in [5.74, 6) is 0. The van der Waals surface area contributed by atoms with Gasteiger partial charge in [-0.1, -0.05) is 11.6 Å². The molecular formula is C11H10ClN3. The van der Waals surface area contributed by atoms with Gasteiger partial charge in [-0.2, -0.15) is 0 Å². The molecular weight excluding hydrogens is 210 g/mol. The summed E-state index contributed by atoms with van der Waals surface area (Å²) in [5, 5.41) is 0.686. The van der Waals surface area contributed by atoms with Gasteiger partial charge in [0.2, 0.25) is 0 Å². The van der Waals surface area contributed by atoms with Crippen LogP contribution in [0.4, 0.5) is 0 Å². The van der Waals surface area contributed by atoms with E-state index in [1.807, 2.05) is 12.3 Å². The zero-order valence-electron chi connectivity index (χ0n) is 8.07. The van der Waals surface area contributed by atoms with Gasteiger partial charge in [-0.15, -0.1) is 0 Å². The van der Waals surface area contributed by atoms with Crippen LogP contribution in [0.1, 0.15) is 12.8 Å². The van der Waals surface area contributed by atoms with Gasteiger partial charge in [0.15, 0.2) is 0 Å². The maximum atomic E-state index is 6.17. The van der Waals surface area contributed by atoms with Crippen molar-refractivity contribution in [2.45, 2.75) is 18.4 Å². The van der Waals surface area contributed by atoms with Gasteiger partial charge in [-0.3, -0.25) is 9.98 Å².